The van der Waals surface area contributed by atoms with Gasteiger partial charge in [0.05, 0.1) is 0 Å². The van der Waals surface area contributed by atoms with Crippen LogP contribution in [-0.2, 0) is 4.79 Å². The Bertz CT molecular complexity index is 401. The quantitative estimate of drug-likeness (QED) is 0.840. The van der Waals surface area contributed by atoms with Crippen LogP contribution >= 0.6 is 0 Å². The second-order valence-corrected chi connectivity index (χ2v) is 4.90. The maximum atomic E-state index is 11.6. The molecule has 1 amide bonds. The highest BCUT2D eigenvalue weighted by molar-refractivity contribution is 5.77. The normalized spacial score (nSPS) is 18.4. The fraction of sp³-hybridized carbons (Fsp3) is 0.500. The van der Waals surface area contributed by atoms with Crippen LogP contribution in [0.3, 0.4) is 0 Å². The molecular formula is C14H20N2O. The van der Waals surface area contributed by atoms with Gasteiger partial charge in [-0.25, -0.2) is 0 Å². The van der Waals surface area contributed by atoms with E-state index < -0.39 is 0 Å². The molecule has 2 rings (SSSR count). The van der Waals surface area contributed by atoms with Gasteiger partial charge in [-0.15, -0.1) is 0 Å². The lowest BCUT2D eigenvalue weighted by Gasteiger charge is -2.27. The van der Waals surface area contributed by atoms with Gasteiger partial charge in [-0.3, -0.25) is 4.79 Å². The molecule has 1 aromatic carbocycles. The predicted octanol–water partition coefficient (Wildman–Crippen LogP) is 2.36. The molecule has 2 N–H and O–H groups in total. The van der Waals surface area contributed by atoms with Gasteiger partial charge in [0.2, 0.25) is 5.91 Å². The molecule has 0 spiro atoms. The Kier molecular flexibility index (Phi) is 3.67. The molecule has 1 heterocycles. The topological polar surface area (TPSA) is 41.1 Å². The van der Waals surface area contributed by atoms with Crippen LogP contribution in [0.5, 0.6) is 0 Å². The summed E-state index contributed by atoms with van der Waals surface area (Å²) in [4.78, 5) is 11.6. The number of carbonyl (C=O) groups is 1. The molecule has 3 heteroatoms. The van der Waals surface area contributed by atoms with E-state index in [1.165, 1.54) is 11.3 Å². The lowest BCUT2D eigenvalue weighted by Crippen LogP contribution is -2.33. The largest absolute Gasteiger partial charge is 0.385 e. The molecule has 1 aromatic rings. The van der Waals surface area contributed by atoms with Gasteiger partial charge in [-0.05, 0) is 18.1 Å². The standard InChI is InChI=1S/C14H20N2O/c1-10(2)14(17)16-9-11-7-8-15-13-6-4-3-5-12(11)13/h3-6,10-11,15H,7-9H2,1-2H3,(H,16,17). The molecule has 0 bridgehead atoms. The van der Waals surface area contributed by atoms with E-state index in [0.717, 1.165) is 19.5 Å². The predicted molar refractivity (Wildman–Crippen MR) is 70.1 cm³/mol. The SMILES string of the molecule is CC(C)C(=O)NCC1CCNc2ccccc21. The maximum absolute atomic E-state index is 11.6. The third-order valence-corrected chi connectivity index (χ3v) is 3.26. The molecule has 0 fully saturated rings. The van der Waals surface area contributed by atoms with Gasteiger partial charge in [-0.2, -0.15) is 0 Å². The zero-order valence-corrected chi connectivity index (χ0v) is 10.5. The van der Waals surface area contributed by atoms with Crippen molar-refractivity contribution < 1.29 is 4.79 Å². The van der Waals surface area contributed by atoms with E-state index in [2.05, 4.69) is 28.8 Å². The second kappa shape index (κ2) is 5.21. The molecule has 0 aliphatic carbocycles. The fourth-order valence-corrected chi connectivity index (χ4v) is 2.19. The molecule has 92 valence electrons. The van der Waals surface area contributed by atoms with Crippen molar-refractivity contribution in [2.75, 3.05) is 18.4 Å². The first-order valence-electron chi connectivity index (χ1n) is 6.29. The number of rotatable bonds is 3. The molecule has 0 saturated carbocycles. The minimum atomic E-state index is 0.0620. The van der Waals surface area contributed by atoms with Crippen LogP contribution in [0.2, 0.25) is 0 Å². The number of amides is 1. The molecule has 17 heavy (non-hydrogen) atoms. The van der Waals surface area contributed by atoms with Crippen molar-refractivity contribution in [1.29, 1.82) is 0 Å². The van der Waals surface area contributed by atoms with E-state index in [0.29, 0.717) is 5.92 Å². The van der Waals surface area contributed by atoms with Crippen LogP contribution in [0.4, 0.5) is 5.69 Å². The summed E-state index contributed by atoms with van der Waals surface area (Å²) in [5.41, 5.74) is 2.53. The Morgan fingerprint density at radius 2 is 2.24 bits per heavy atom. The van der Waals surface area contributed by atoms with Crippen LogP contribution in [0, 0.1) is 5.92 Å². The van der Waals surface area contributed by atoms with Crippen molar-refractivity contribution in [3.8, 4) is 0 Å². The minimum absolute atomic E-state index is 0.0620. The lowest BCUT2D eigenvalue weighted by molar-refractivity contribution is -0.124. The number of fused-ring (bicyclic) bond motifs is 1. The van der Waals surface area contributed by atoms with E-state index in [-0.39, 0.29) is 11.8 Å². The molecule has 0 radical (unpaired) electrons. The molecule has 0 aromatic heterocycles. The van der Waals surface area contributed by atoms with Crippen LogP contribution in [0.15, 0.2) is 24.3 Å². The summed E-state index contributed by atoms with van der Waals surface area (Å²) in [6.07, 6.45) is 1.08. The average Bonchev–Trinajstić information content (AvgIpc) is 2.35. The zero-order valence-electron chi connectivity index (χ0n) is 10.5. The van der Waals surface area contributed by atoms with Crippen molar-refractivity contribution >= 4 is 11.6 Å². The Morgan fingerprint density at radius 3 is 3.00 bits per heavy atom. The number of nitrogens with one attached hydrogen (secondary N) is 2. The first-order chi connectivity index (χ1) is 8.18. The van der Waals surface area contributed by atoms with Crippen molar-refractivity contribution in [2.45, 2.75) is 26.2 Å². The summed E-state index contributed by atoms with van der Waals surface area (Å²) in [6.45, 7) is 5.58. The molecule has 0 saturated heterocycles. The number of benzene rings is 1. The van der Waals surface area contributed by atoms with E-state index in [1.54, 1.807) is 0 Å². The van der Waals surface area contributed by atoms with Gasteiger partial charge in [-0.1, -0.05) is 32.0 Å². The Hall–Kier alpha value is -1.51. The lowest BCUT2D eigenvalue weighted by atomic mass is 9.91. The highest BCUT2D eigenvalue weighted by Crippen LogP contribution is 2.30. The molecule has 1 aliphatic rings. The van der Waals surface area contributed by atoms with Gasteiger partial charge >= 0.3 is 0 Å². The van der Waals surface area contributed by atoms with E-state index in [9.17, 15) is 4.79 Å². The highest BCUT2D eigenvalue weighted by Gasteiger charge is 2.20. The molecule has 3 nitrogen and oxygen atoms in total. The van der Waals surface area contributed by atoms with E-state index >= 15 is 0 Å². The monoisotopic (exact) mass is 232 g/mol. The summed E-state index contributed by atoms with van der Waals surface area (Å²) >= 11 is 0. The van der Waals surface area contributed by atoms with Crippen molar-refractivity contribution in [3.63, 3.8) is 0 Å². The van der Waals surface area contributed by atoms with Gasteiger partial charge in [0.1, 0.15) is 0 Å². The first kappa shape index (κ1) is 12.0. The zero-order chi connectivity index (χ0) is 12.3. The number of para-hydroxylation sites is 1. The molecule has 1 atom stereocenters. The number of hydrogen-bond acceptors (Lipinski definition) is 2. The Morgan fingerprint density at radius 1 is 1.47 bits per heavy atom. The maximum Gasteiger partial charge on any atom is 0.222 e. The summed E-state index contributed by atoms with van der Waals surface area (Å²) in [7, 11) is 0. The minimum Gasteiger partial charge on any atom is -0.385 e. The third-order valence-electron chi connectivity index (χ3n) is 3.26. The fourth-order valence-electron chi connectivity index (χ4n) is 2.19. The number of anilines is 1. The van der Waals surface area contributed by atoms with E-state index in [1.807, 2.05) is 19.9 Å². The number of carbonyl (C=O) groups excluding carboxylic acids is 1. The highest BCUT2D eigenvalue weighted by atomic mass is 16.1. The Labute approximate surface area is 103 Å². The molecular weight excluding hydrogens is 212 g/mol. The van der Waals surface area contributed by atoms with E-state index in [4.69, 9.17) is 0 Å². The van der Waals surface area contributed by atoms with Crippen LogP contribution < -0.4 is 10.6 Å². The first-order valence-corrected chi connectivity index (χ1v) is 6.29. The third kappa shape index (κ3) is 2.78. The van der Waals surface area contributed by atoms with Gasteiger partial charge in [0.15, 0.2) is 0 Å². The van der Waals surface area contributed by atoms with Crippen molar-refractivity contribution in [3.05, 3.63) is 29.8 Å². The van der Waals surface area contributed by atoms with Crippen LogP contribution in [0.25, 0.3) is 0 Å². The summed E-state index contributed by atoms with van der Waals surface area (Å²) in [5, 5.41) is 6.42. The summed E-state index contributed by atoms with van der Waals surface area (Å²) in [6, 6.07) is 8.35. The van der Waals surface area contributed by atoms with Gasteiger partial charge in [0, 0.05) is 30.6 Å². The molecule has 1 unspecified atom stereocenters. The van der Waals surface area contributed by atoms with Crippen molar-refractivity contribution in [2.24, 2.45) is 5.92 Å². The summed E-state index contributed by atoms with van der Waals surface area (Å²) < 4.78 is 0. The molecule has 1 aliphatic heterocycles. The van der Waals surface area contributed by atoms with Gasteiger partial charge < -0.3 is 10.6 Å². The average molecular weight is 232 g/mol. The Balaban J connectivity index is 2.01. The van der Waals surface area contributed by atoms with Crippen LogP contribution in [-0.4, -0.2) is 19.0 Å². The van der Waals surface area contributed by atoms with Crippen LogP contribution in [0.1, 0.15) is 31.7 Å². The second-order valence-electron chi connectivity index (χ2n) is 4.90. The number of hydrogen-bond donors (Lipinski definition) is 2. The van der Waals surface area contributed by atoms with Gasteiger partial charge in [0.25, 0.3) is 0 Å². The summed E-state index contributed by atoms with van der Waals surface area (Å²) in [5.74, 6) is 0.642. The van der Waals surface area contributed by atoms with Crippen molar-refractivity contribution in [1.82, 2.24) is 5.32 Å². The smallest absolute Gasteiger partial charge is 0.222 e.